The lowest BCUT2D eigenvalue weighted by Crippen LogP contribution is -2.26. The SMILES string of the molecule is CC(C)(C)C(=O)COC(=O)c1ccccc1SCC(=O)NCc1ccco1. The Kier molecular flexibility index (Phi) is 7.24. The van der Waals surface area contributed by atoms with Gasteiger partial charge in [-0.05, 0) is 24.3 Å². The summed E-state index contributed by atoms with van der Waals surface area (Å²) in [5.74, 6) is -0.0975. The van der Waals surface area contributed by atoms with E-state index in [1.807, 2.05) is 0 Å². The molecule has 1 heterocycles. The maximum Gasteiger partial charge on any atom is 0.339 e. The molecule has 7 heteroatoms. The summed E-state index contributed by atoms with van der Waals surface area (Å²) in [6.45, 7) is 5.35. The number of hydrogen-bond donors (Lipinski definition) is 1. The number of furan rings is 1. The van der Waals surface area contributed by atoms with Gasteiger partial charge >= 0.3 is 5.97 Å². The number of Topliss-reactive ketones (excluding diaryl/α,β-unsaturated/α-hetero) is 1. The van der Waals surface area contributed by atoms with Gasteiger partial charge in [0, 0.05) is 10.3 Å². The first-order valence-electron chi connectivity index (χ1n) is 8.48. The number of nitrogens with one attached hydrogen (secondary N) is 1. The van der Waals surface area contributed by atoms with Crippen LogP contribution in [0.4, 0.5) is 0 Å². The van der Waals surface area contributed by atoms with Crippen LogP contribution >= 0.6 is 11.8 Å². The second-order valence-corrected chi connectivity index (χ2v) is 7.91. The smallest absolute Gasteiger partial charge is 0.339 e. The zero-order valence-corrected chi connectivity index (χ0v) is 16.4. The fourth-order valence-corrected chi connectivity index (χ4v) is 2.85. The number of amides is 1. The molecule has 6 nitrogen and oxygen atoms in total. The average Bonchev–Trinajstić information content (AvgIpc) is 3.15. The number of thioether (sulfide) groups is 1. The average molecular weight is 389 g/mol. The third-order valence-corrected chi connectivity index (χ3v) is 4.75. The molecule has 0 atom stereocenters. The molecule has 0 spiro atoms. The van der Waals surface area contributed by atoms with E-state index in [2.05, 4.69) is 5.32 Å². The highest BCUT2D eigenvalue weighted by Crippen LogP contribution is 2.23. The van der Waals surface area contributed by atoms with Crippen molar-refractivity contribution in [2.75, 3.05) is 12.4 Å². The number of carbonyl (C=O) groups excluding carboxylic acids is 3. The number of rotatable bonds is 8. The number of ketones is 1. The Morgan fingerprint density at radius 3 is 2.52 bits per heavy atom. The molecule has 0 bridgehead atoms. The van der Waals surface area contributed by atoms with E-state index >= 15 is 0 Å². The van der Waals surface area contributed by atoms with E-state index in [9.17, 15) is 14.4 Å². The summed E-state index contributed by atoms with van der Waals surface area (Å²) in [6.07, 6.45) is 1.54. The first-order chi connectivity index (χ1) is 12.8. The first-order valence-corrected chi connectivity index (χ1v) is 9.47. The van der Waals surface area contributed by atoms with Crippen molar-refractivity contribution >= 4 is 29.4 Å². The maximum atomic E-state index is 12.3. The van der Waals surface area contributed by atoms with Gasteiger partial charge in [-0.1, -0.05) is 32.9 Å². The molecule has 1 N–H and O–H groups in total. The van der Waals surface area contributed by atoms with Crippen molar-refractivity contribution in [1.29, 1.82) is 0 Å². The van der Waals surface area contributed by atoms with E-state index in [0.29, 0.717) is 22.8 Å². The van der Waals surface area contributed by atoms with Gasteiger partial charge in [-0.25, -0.2) is 4.79 Å². The molecule has 0 saturated carbocycles. The third kappa shape index (κ3) is 6.60. The molecule has 0 unspecified atom stereocenters. The van der Waals surface area contributed by atoms with Gasteiger partial charge in [0.1, 0.15) is 5.76 Å². The van der Waals surface area contributed by atoms with Crippen molar-refractivity contribution in [2.45, 2.75) is 32.2 Å². The summed E-state index contributed by atoms with van der Waals surface area (Å²) < 4.78 is 10.3. The number of hydrogen-bond acceptors (Lipinski definition) is 6. The molecule has 1 aromatic heterocycles. The lowest BCUT2D eigenvalue weighted by atomic mass is 9.91. The Balaban J connectivity index is 1.89. The van der Waals surface area contributed by atoms with Gasteiger partial charge in [0.25, 0.3) is 0 Å². The Labute approximate surface area is 162 Å². The minimum atomic E-state index is -0.577. The molecule has 27 heavy (non-hydrogen) atoms. The Hall–Kier alpha value is -2.54. The molecule has 0 aliphatic heterocycles. The van der Waals surface area contributed by atoms with Crippen LogP contribution in [-0.2, 0) is 20.9 Å². The lowest BCUT2D eigenvalue weighted by Gasteiger charge is -2.16. The van der Waals surface area contributed by atoms with E-state index in [4.69, 9.17) is 9.15 Å². The van der Waals surface area contributed by atoms with Crippen LogP contribution in [0.5, 0.6) is 0 Å². The van der Waals surface area contributed by atoms with Crippen molar-refractivity contribution in [3.63, 3.8) is 0 Å². The van der Waals surface area contributed by atoms with E-state index in [-0.39, 0.29) is 24.1 Å². The second-order valence-electron chi connectivity index (χ2n) is 6.89. The van der Waals surface area contributed by atoms with Crippen LogP contribution in [0.25, 0.3) is 0 Å². The zero-order valence-electron chi connectivity index (χ0n) is 15.6. The quantitative estimate of drug-likeness (QED) is 0.550. The predicted molar refractivity (Wildman–Crippen MR) is 102 cm³/mol. The van der Waals surface area contributed by atoms with Gasteiger partial charge < -0.3 is 14.5 Å². The van der Waals surface area contributed by atoms with Crippen LogP contribution in [0.3, 0.4) is 0 Å². The fourth-order valence-electron chi connectivity index (χ4n) is 1.98. The summed E-state index contributed by atoms with van der Waals surface area (Å²) in [6, 6.07) is 10.4. The highest BCUT2D eigenvalue weighted by Gasteiger charge is 2.23. The Morgan fingerprint density at radius 2 is 1.85 bits per heavy atom. The summed E-state index contributed by atoms with van der Waals surface area (Å²) in [5, 5.41) is 2.75. The molecular formula is C20H23NO5S. The lowest BCUT2D eigenvalue weighted by molar-refractivity contribution is -0.129. The van der Waals surface area contributed by atoms with E-state index in [1.165, 1.54) is 11.8 Å². The van der Waals surface area contributed by atoms with Gasteiger partial charge in [0.05, 0.1) is 24.1 Å². The molecule has 1 aromatic carbocycles. The molecule has 2 aromatic rings. The summed E-state index contributed by atoms with van der Waals surface area (Å²) >= 11 is 1.23. The van der Waals surface area contributed by atoms with E-state index in [0.717, 1.165) is 0 Å². The summed E-state index contributed by atoms with van der Waals surface area (Å²) in [4.78, 5) is 36.9. The maximum absolute atomic E-state index is 12.3. The topological polar surface area (TPSA) is 85.6 Å². The molecule has 0 aliphatic carbocycles. The highest BCUT2D eigenvalue weighted by molar-refractivity contribution is 8.00. The van der Waals surface area contributed by atoms with Crippen LogP contribution in [-0.4, -0.2) is 30.0 Å². The van der Waals surface area contributed by atoms with Crippen LogP contribution in [0.15, 0.2) is 52.0 Å². The van der Waals surface area contributed by atoms with Crippen molar-refractivity contribution in [3.8, 4) is 0 Å². The normalized spacial score (nSPS) is 11.1. The van der Waals surface area contributed by atoms with Gasteiger partial charge in [-0.3, -0.25) is 9.59 Å². The highest BCUT2D eigenvalue weighted by atomic mass is 32.2. The van der Waals surface area contributed by atoms with Crippen molar-refractivity contribution < 1.29 is 23.5 Å². The number of esters is 1. The molecule has 0 aliphatic rings. The van der Waals surface area contributed by atoms with Crippen LogP contribution < -0.4 is 5.32 Å². The number of carbonyl (C=O) groups is 3. The molecule has 1 amide bonds. The van der Waals surface area contributed by atoms with Crippen LogP contribution in [0.2, 0.25) is 0 Å². The minimum Gasteiger partial charge on any atom is -0.467 e. The zero-order chi connectivity index (χ0) is 19.9. The van der Waals surface area contributed by atoms with Gasteiger partial charge in [-0.15, -0.1) is 11.8 Å². The number of benzene rings is 1. The van der Waals surface area contributed by atoms with Crippen molar-refractivity contribution in [1.82, 2.24) is 5.32 Å². The minimum absolute atomic E-state index is 0.145. The summed E-state index contributed by atoms with van der Waals surface area (Å²) in [7, 11) is 0. The standard InChI is InChI=1S/C20H23NO5S/c1-20(2,3)17(22)12-26-19(24)15-8-4-5-9-16(15)27-13-18(23)21-11-14-7-6-10-25-14/h4-10H,11-13H2,1-3H3,(H,21,23). The largest absolute Gasteiger partial charge is 0.467 e. The molecule has 0 saturated heterocycles. The Morgan fingerprint density at radius 1 is 1.11 bits per heavy atom. The van der Waals surface area contributed by atoms with E-state index < -0.39 is 11.4 Å². The van der Waals surface area contributed by atoms with Crippen molar-refractivity contribution in [3.05, 3.63) is 54.0 Å². The molecule has 2 rings (SSSR count). The molecule has 0 radical (unpaired) electrons. The molecule has 0 fully saturated rings. The summed E-state index contributed by atoms with van der Waals surface area (Å²) in [5.41, 5.74) is -0.233. The van der Waals surface area contributed by atoms with Gasteiger partial charge in [0.2, 0.25) is 5.91 Å². The monoisotopic (exact) mass is 389 g/mol. The fraction of sp³-hybridized carbons (Fsp3) is 0.350. The van der Waals surface area contributed by atoms with Gasteiger partial charge in [-0.2, -0.15) is 0 Å². The second kappa shape index (κ2) is 9.41. The van der Waals surface area contributed by atoms with Crippen LogP contribution in [0, 0.1) is 5.41 Å². The van der Waals surface area contributed by atoms with Crippen molar-refractivity contribution in [2.24, 2.45) is 5.41 Å². The van der Waals surface area contributed by atoms with E-state index in [1.54, 1.807) is 63.4 Å². The Bertz CT molecular complexity index is 793. The first kappa shape index (κ1) is 20.8. The molecule has 144 valence electrons. The molecular weight excluding hydrogens is 366 g/mol. The van der Waals surface area contributed by atoms with Crippen LogP contribution in [0.1, 0.15) is 36.9 Å². The van der Waals surface area contributed by atoms with Gasteiger partial charge in [0.15, 0.2) is 12.4 Å². The predicted octanol–water partition coefficient (Wildman–Crippen LogP) is 3.46. The number of ether oxygens (including phenoxy) is 1. The third-order valence-electron chi connectivity index (χ3n) is 3.68.